The summed E-state index contributed by atoms with van der Waals surface area (Å²) in [6.45, 7) is 6.45. The summed E-state index contributed by atoms with van der Waals surface area (Å²) in [6.07, 6.45) is 1.64. The first-order valence-corrected chi connectivity index (χ1v) is 11.3. The minimum atomic E-state index is -0.589. The van der Waals surface area contributed by atoms with Crippen LogP contribution in [0.5, 0.6) is 5.75 Å². The minimum Gasteiger partial charge on any atom is -0.494 e. The van der Waals surface area contributed by atoms with Crippen molar-refractivity contribution in [1.82, 2.24) is 10.2 Å². The zero-order chi connectivity index (χ0) is 22.8. The molecule has 0 aliphatic carbocycles. The summed E-state index contributed by atoms with van der Waals surface area (Å²) in [5, 5.41) is 4.24. The maximum atomic E-state index is 13.0. The number of carbonyl (C=O) groups excluding carboxylic acids is 2. The van der Waals surface area contributed by atoms with Gasteiger partial charge >= 0.3 is 0 Å². The molecule has 2 rings (SSSR count). The van der Waals surface area contributed by atoms with Crippen LogP contribution in [0.15, 0.2) is 48.5 Å². The van der Waals surface area contributed by atoms with E-state index in [0.717, 1.165) is 12.0 Å². The molecule has 0 spiro atoms. The second-order valence-corrected chi connectivity index (χ2v) is 8.42. The lowest BCUT2D eigenvalue weighted by molar-refractivity contribution is -0.141. The summed E-state index contributed by atoms with van der Waals surface area (Å²) in [5.74, 6) is 0.451. The zero-order valence-electron chi connectivity index (χ0n) is 18.2. The molecule has 0 unspecified atom stereocenters. The summed E-state index contributed by atoms with van der Waals surface area (Å²) in [7, 11) is 0. The second kappa shape index (κ2) is 12.6. The number of hydrogen-bond donors (Lipinski definition) is 1. The van der Waals surface area contributed by atoms with Gasteiger partial charge in [-0.3, -0.25) is 9.59 Å². The van der Waals surface area contributed by atoms with E-state index < -0.39 is 6.04 Å². The Kier molecular flexibility index (Phi) is 10.2. The summed E-state index contributed by atoms with van der Waals surface area (Å²) in [6, 6.07) is 13.9. The molecule has 31 heavy (non-hydrogen) atoms. The monoisotopic (exact) mass is 464 g/mol. The molecule has 2 aromatic rings. The van der Waals surface area contributed by atoms with Gasteiger partial charge in [0.15, 0.2) is 0 Å². The predicted octanol–water partition coefficient (Wildman–Crippen LogP) is 5.48. The molecule has 0 aliphatic heterocycles. The second-order valence-electron chi connectivity index (χ2n) is 7.55. The average Bonchev–Trinajstić information content (AvgIpc) is 2.76. The molecule has 2 amide bonds. The molecular formula is C24H30Cl2N2O3. The van der Waals surface area contributed by atoms with Gasteiger partial charge in [0.2, 0.25) is 11.8 Å². The van der Waals surface area contributed by atoms with Gasteiger partial charge in [-0.05, 0) is 68.7 Å². The Morgan fingerprint density at radius 3 is 2.16 bits per heavy atom. The van der Waals surface area contributed by atoms with E-state index in [2.05, 4.69) is 5.32 Å². The van der Waals surface area contributed by atoms with Crippen LogP contribution in [-0.2, 0) is 16.1 Å². The standard InChI is InChI=1S/C24H30Cl2N2O3/c1-4-17(2)27-24(30)18(3)28(16-19-7-9-20(25)10-8-19)23(29)6-5-15-31-22-13-11-21(26)12-14-22/h7-14,17-18H,4-6,15-16H2,1-3H3,(H,27,30)/t17-,18-/m0/s1. The van der Waals surface area contributed by atoms with Crippen molar-refractivity contribution in [2.24, 2.45) is 0 Å². The van der Waals surface area contributed by atoms with Gasteiger partial charge < -0.3 is 15.0 Å². The molecule has 2 aromatic carbocycles. The van der Waals surface area contributed by atoms with Gasteiger partial charge in [-0.15, -0.1) is 0 Å². The molecule has 0 radical (unpaired) electrons. The smallest absolute Gasteiger partial charge is 0.242 e. The van der Waals surface area contributed by atoms with Crippen molar-refractivity contribution in [1.29, 1.82) is 0 Å². The van der Waals surface area contributed by atoms with Crippen LogP contribution in [0.4, 0.5) is 0 Å². The number of halogens is 2. The highest BCUT2D eigenvalue weighted by molar-refractivity contribution is 6.30. The minimum absolute atomic E-state index is 0.0511. The first-order chi connectivity index (χ1) is 14.8. The number of nitrogens with one attached hydrogen (secondary N) is 1. The third-order valence-electron chi connectivity index (χ3n) is 5.05. The molecule has 0 fully saturated rings. The maximum Gasteiger partial charge on any atom is 0.242 e. The Bertz CT molecular complexity index is 841. The summed E-state index contributed by atoms with van der Waals surface area (Å²) in [5.41, 5.74) is 0.915. The van der Waals surface area contributed by atoms with Crippen LogP contribution in [0, 0.1) is 0 Å². The van der Waals surface area contributed by atoms with Crippen LogP contribution in [0.2, 0.25) is 10.0 Å². The topological polar surface area (TPSA) is 58.6 Å². The van der Waals surface area contributed by atoms with E-state index in [1.54, 1.807) is 48.2 Å². The molecule has 0 saturated heterocycles. The Labute approximate surface area is 194 Å². The van der Waals surface area contributed by atoms with Crippen molar-refractivity contribution >= 4 is 35.0 Å². The first kappa shape index (κ1) is 25.0. The highest BCUT2D eigenvalue weighted by Gasteiger charge is 2.26. The number of hydrogen-bond acceptors (Lipinski definition) is 3. The molecule has 0 aliphatic rings. The van der Waals surface area contributed by atoms with Gasteiger partial charge in [0.05, 0.1) is 6.61 Å². The van der Waals surface area contributed by atoms with Crippen molar-refractivity contribution in [2.45, 2.75) is 58.7 Å². The Hall–Kier alpha value is -2.24. The van der Waals surface area contributed by atoms with Crippen molar-refractivity contribution in [3.63, 3.8) is 0 Å². The van der Waals surface area contributed by atoms with Gasteiger partial charge in [0.1, 0.15) is 11.8 Å². The van der Waals surface area contributed by atoms with Crippen molar-refractivity contribution in [3.05, 3.63) is 64.1 Å². The van der Waals surface area contributed by atoms with Crippen LogP contribution in [0.3, 0.4) is 0 Å². The van der Waals surface area contributed by atoms with E-state index in [1.807, 2.05) is 26.0 Å². The molecule has 1 N–H and O–H groups in total. The highest BCUT2D eigenvalue weighted by Crippen LogP contribution is 2.17. The third kappa shape index (κ3) is 8.42. The van der Waals surface area contributed by atoms with Crippen molar-refractivity contribution < 1.29 is 14.3 Å². The molecule has 168 valence electrons. The molecule has 2 atom stereocenters. The van der Waals surface area contributed by atoms with Crippen LogP contribution < -0.4 is 10.1 Å². The van der Waals surface area contributed by atoms with Gasteiger partial charge in [-0.1, -0.05) is 42.3 Å². The third-order valence-corrected chi connectivity index (χ3v) is 5.56. The van der Waals surface area contributed by atoms with Crippen LogP contribution in [0.25, 0.3) is 0 Å². The Balaban J connectivity index is 1.99. The van der Waals surface area contributed by atoms with E-state index >= 15 is 0 Å². The van der Waals surface area contributed by atoms with Gasteiger partial charge in [-0.25, -0.2) is 0 Å². The molecule has 0 aromatic heterocycles. The quantitative estimate of drug-likeness (QED) is 0.447. The van der Waals surface area contributed by atoms with Crippen LogP contribution >= 0.6 is 23.2 Å². The van der Waals surface area contributed by atoms with E-state index in [4.69, 9.17) is 27.9 Å². The Morgan fingerprint density at radius 1 is 1.00 bits per heavy atom. The number of nitrogens with zero attached hydrogens (tertiary/aromatic N) is 1. The summed E-state index contributed by atoms with van der Waals surface area (Å²) >= 11 is 11.8. The SMILES string of the molecule is CC[C@H](C)NC(=O)[C@H](C)N(Cc1ccc(Cl)cc1)C(=O)CCCOc1ccc(Cl)cc1. The van der Waals surface area contributed by atoms with E-state index in [0.29, 0.717) is 35.4 Å². The molecule has 0 bridgehead atoms. The normalized spacial score (nSPS) is 12.7. The van der Waals surface area contributed by atoms with Gasteiger partial charge in [0, 0.05) is 29.1 Å². The molecule has 0 heterocycles. The lowest BCUT2D eigenvalue weighted by Crippen LogP contribution is -2.49. The fourth-order valence-electron chi connectivity index (χ4n) is 2.92. The van der Waals surface area contributed by atoms with Crippen molar-refractivity contribution in [3.8, 4) is 5.75 Å². The molecule has 0 saturated carbocycles. The lowest BCUT2D eigenvalue weighted by Gasteiger charge is -2.29. The molecule has 5 nitrogen and oxygen atoms in total. The number of rotatable bonds is 11. The fourth-order valence-corrected chi connectivity index (χ4v) is 3.17. The van der Waals surface area contributed by atoms with E-state index in [-0.39, 0.29) is 24.3 Å². The van der Waals surface area contributed by atoms with E-state index in [1.165, 1.54) is 0 Å². The van der Waals surface area contributed by atoms with Gasteiger partial charge in [-0.2, -0.15) is 0 Å². The van der Waals surface area contributed by atoms with E-state index in [9.17, 15) is 9.59 Å². The fraction of sp³-hybridized carbons (Fsp3) is 0.417. The van der Waals surface area contributed by atoms with Crippen molar-refractivity contribution in [2.75, 3.05) is 6.61 Å². The largest absolute Gasteiger partial charge is 0.494 e. The summed E-state index contributed by atoms with van der Waals surface area (Å²) < 4.78 is 5.67. The summed E-state index contributed by atoms with van der Waals surface area (Å²) in [4.78, 5) is 27.3. The highest BCUT2D eigenvalue weighted by atomic mass is 35.5. The first-order valence-electron chi connectivity index (χ1n) is 10.5. The van der Waals surface area contributed by atoms with Gasteiger partial charge in [0.25, 0.3) is 0 Å². The number of amides is 2. The lowest BCUT2D eigenvalue weighted by atomic mass is 10.1. The Morgan fingerprint density at radius 2 is 1.58 bits per heavy atom. The molecule has 7 heteroatoms. The number of ether oxygens (including phenoxy) is 1. The average molecular weight is 465 g/mol. The zero-order valence-corrected chi connectivity index (χ0v) is 19.7. The number of carbonyl (C=O) groups is 2. The molecular weight excluding hydrogens is 435 g/mol. The number of benzene rings is 2. The predicted molar refractivity (Wildman–Crippen MR) is 126 cm³/mol. The van der Waals surface area contributed by atoms with Crippen LogP contribution in [0.1, 0.15) is 45.6 Å². The maximum absolute atomic E-state index is 13.0. The van der Waals surface area contributed by atoms with Crippen LogP contribution in [-0.4, -0.2) is 35.4 Å².